The van der Waals surface area contributed by atoms with Crippen LogP contribution in [0.2, 0.25) is 0 Å². The Hall–Kier alpha value is -1.79. The highest BCUT2D eigenvalue weighted by molar-refractivity contribution is 5.54. The molecule has 2 aromatic rings. The van der Waals surface area contributed by atoms with Gasteiger partial charge in [-0.05, 0) is 44.9 Å². The lowest BCUT2D eigenvalue weighted by atomic mass is 9.99. The average molecular weight is 350 g/mol. The van der Waals surface area contributed by atoms with Crippen molar-refractivity contribution in [2.75, 3.05) is 20.3 Å². The van der Waals surface area contributed by atoms with Gasteiger partial charge in [0.05, 0.1) is 11.3 Å². The number of benzene rings is 1. The number of nitrogens with zero attached hydrogens (tertiary/aromatic N) is 2. The zero-order chi connectivity index (χ0) is 17.8. The van der Waals surface area contributed by atoms with Crippen molar-refractivity contribution in [1.82, 2.24) is 9.88 Å². The second-order valence-corrected chi connectivity index (χ2v) is 6.52. The molecule has 0 spiro atoms. The number of hydrogen-bond donors (Lipinski definition) is 0. The van der Waals surface area contributed by atoms with Crippen molar-refractivity contribution >= 4 is 0 Å². The average Bonchev–Trinajstić information content (AvgIpc) is 2.97. The third kappa shape index (κ3) is 4.07. The van der Waals surface area contributed by atoms with Gasteiger partial charge in [-0.2, -0.15) is 0 Å². The Balaban J connectivity index is 1.79. The van der Waals surface area contributed by atoms with Crippen molar-refractivity contribution in [1.29, 1.82) is 0 Å². The predicted molar refractivity (Wildman–Crippen MR) is 91.1 cm³/mol. The topological polar surface area (TPSA) is 38.5 Å². The minimum Gasteiger partial charge on any atom is -0.441 e. The first kappa shape index (κ1) is 18.0. The van der Waals surface area contributed by atoms with Gasteiger partial charge in [0.15, 0.2) is 11.6 Å². The van der Waals surface area contributed by atoms with E-state index in [-0.39, 0.29) is 11.5 Å². The fraction of sp³-hybridized carbons (Fsp3) is 0.526. The maximum Gasteiger partial charge on any atom is 0.229 e. The fourth-order valence-electron chi connectivity index (χ4n) is 3.40. The van der Waals surface area contributed by atoms with Crippen LogP contribution in [0.5, 0.6) is 0 Å². The SMILES string of the molecule is COCC[C@H]1CCCCN1Cc1nc(-c2cccc(F)c2F)oc1C. The molecule has 0 aliphatic carbocycles. The molecule has 6 heteroatoms. The summed E-state index contributed by atoms with van der Waals surface area (Å²) in [6.45, 7) is 4.21. The lowest BCUT2D eigenvalue weighted by Gasteiger charge is -2.35. The van der Waals surface area contributed by atoms with Gasteiger partial charge in [0, 0.05) is 26.3 Å². The largest absolute Gasteiger partial charge is 0.441 e. The highest BCUT2D eigenvalue weighted by atomic mass is 19.2. The Morgan fingerprint density at radius 3 is 2.96 bits per heavy atom. The van der Waals surface area contributed by atoms with Gasteiger partial charge < -0.3 is 9.15 Å². The van der Waals surface area contributed by atoms with Crippen LogP contribution in [0.1, 0.15) is 37.1 Å². The molecule has 3 rings (SSSR count). The molecule has 0 radical (unpaired) electrons. The Bertz CT molecular complexity index is 717. The molecule has 1 aliphatic rings. The monoisotopic (exact) mass is 350 g/mol. The van der Waals surface area contributed by atoms with Crippen LogP contribution in [-0.4, -0.2) is 36.2 Å². The lowest BCUT2D eigenvalue weighted by molar-refractivity contribution is 0.0961. The van der Waals surface area contributed by atoms with Crippen LogP contribution in [0.4, 0.5) is 8.78 Å². The third-order valence-corrected chi connectivity index (χ3v) is 4.83. The second-order valence-electron chi connectivity index (χ2n) is 6.52. The number of piperidine rings is 1. The van der Waals surface area contributed by atoms with Crippen molar-refractivity contribution in [3.8, 4) is 11.5 Å². The summed E-state index contributed by atoms with van der Waals surface area (Å²) in [6.07, 6.45) is 4.51. The Kier molecular flexibility index (Phi) is 5.81. The number of aryl methyl sites for hydroxylation is 1. The van der Waals surface area contributed by atoms with Crippen molar-refractivity contribution in [2.45, 2.75) is 45.2 Å². The molecule has 1 saturated heterocycles. The van der Waals surface area contributed by atoms with Gasteiger partial charge in [-0.25, -0.2) is 13.8 Å². The van der Waals surface area contributed by atoms with E-state index in [9.17, 15) is 8.78 Å². The van der Waals surface area contributed by atoms with E-state index in [1.54, 1.807) is 7.11 Å². The molecule has 4 nitrogen and oxygen atoms in total. The third-order valence-electron chi connectivity index (χ3n) is 4.83. The van der Waals surface area contributed by atoms with E-state index in [0.29, 0.717) is 18.3 Å². The fourth-order valence-corrected chi connectivity index (χ4v) is 3.40. The second kappa shape index (κ2) is 8.06. The van der Waals surface area contributed by atoms with Crippen molar-refractivity contribution in [3.05, 3.63) is 41.3 Å². The quantitative estimate of drug-likeness (QED) is 0.778. The van der Waals surface area contributed by atoms with E-state index >= 15 is 0 Å². The van der Waals surface area contributed by atoms with E-state index in [2.05, 4.69) is 9.88 Å². The summed E-state index contributed by atoms with van der Waals surface area (Å²) < 4.78 is 38.3. The molecule has 1 aromatic carbocycles. The lowest BCUT2D eigenvalue weighted by Crippen LogP contribution is -2.39. The molecular formula is C19H24F2N2O2. The molecule has 0 unspecified atom stereocenters. The maximum atomic E-state index is 14.0. The summed E-state index contributed by atoms with van der Waals surface area (Å²) >= 11 is 0. The van der Waals surface area contributed by atoms with E-state index < -0.39 is 11.6 Å². The van der Waals surface area contributed by atoms with Gasteiger partial charge in [-0.15, -0.1) is 0 Å². The van der Waals surface area contributed by atoms with Crippen molar-refractivity contribution in [2.24, 2.45) is 0 Å². The molecule has 2 heterocycles. The maximum absolute atomic E-state index is 14.0. The summed E-state index contributed by atoms with van der Waals surface area (Å²) in [7, 11) is 1.72. The van der Waals surface area contributed by atoms with Crippen molar-refractivity contribution < 1.29 is 17.9 Å². The molecule has 1 atom stereocenters. The molecule has 1 aliphatic heterocycles. The van der Waals surface area contributed by atoms with E-state index in [4.69, 9.17) is 9.15 Å². The van der Waals surface area contributed by atoms with Gasteiger partial charge in [0.1, 0.15) is 5.76 Å². The molecule has 0 amide bonds. The zero-order valence-electron chi connectivity index (χ0n) is 14.7. The summed E-state index contributed by atoms with van der Waals surface area (Å²) in [5, 5.41) is 0. The first-order valence-electron chi connectivity index (χ1n) is 8.74. The molecule has 25 heavy (non-hydrogen) atoms. The minimum atomic E-state index is -0.925. The number of ether oxygens (including phenoxy) is 1. The van der Waals surface area contributed by atoms with Gasteiger partial charge in [-0.1, -0.05) is 12.5 Å². The van der Waals surface area contributed by atoms with Gasteiger partial charge in [-0.3, -0.25) is 4.90 Å². The smallest absolute Gasteiger partial charge is 0.229 e. The number of halogens is 2. The molecular weight excluding hydrogens is 326 g/mol. The number of hydrogen-bond acceptors (Lipinski definition) is 4. The van der Waals surface area contributed by atoms with Gasteiger partial charge >= 0.3 is 0 Å². The number of likely N-dealkylation sites (tertiary alicyclic amines) is 1. The number of aromatic nitrogens is 1. The Labute approximate surface area is 146 Å². The van der Waals surface area contributed by atoms with E-state index in [0.717, 1.165) is 44.2 Å². The Morgan fingerprint density at radius 1 is 1.32 bits per heavy atom. The first-order chi connectivity index (χ1) is 12.1. The molecule has 1 aromatic heterocycles. The molecule has 136 valence electrons. The minimum absolute atomic E-state index is 0.0592. The van der Waals surface area contributed by atoms with Crippen LogP contribution >= 0.6 is 0 Å². The number of oxazole rings is 1. The van der Waals surface area contributed by atoms with Crippen LogP contribution in [0, 0.1) is 18.6 Å². The summed E-state index contributed by atoms with van der Waals surface area (Å²) in [5.74, 6) is -1.04. The highest BCUT2D eigenvalue weighted by Crippen LogP contribution is 2.28. The Morgan fingerprint density at radius 2 is 2.16 bits per heavy atom. The molecule has 0 N–H and O–H groups in total. The van der Waals surface area contributed by atoms with Gasteiger partial charge in [0.25, 0.3) is 0 Å². The van der Waals surface area contributed by atoms with Crippen LogP contribution in [0.15, 0.2) is 22.6 Å². The zero-order valence-corrected chi connectivity index (χ0v) is 14.7. The molecule has 1 fully saturated rings. The normalized spacial score (nSPS) is 18.6. The summed E-state index contributed by atoms with van der Waals surface area (Å²) in [6, 6.07) is 4.48. The van der Waals surface area contributed by atoms with E-state index in [1.807, 2.05) is 6.92 Å². The van der Waals surface area contributed by atoms with Gasteiger partial charge in [0.2, 0.25) is 5.89 Å². The summed E-state index contributed by atoms with van der Waals surface area (Å²) in [4.78, 5) is 6.83. The van der Waals surface area contributed by atoms with Crippen LogP contribution in [-0.2, 0) is 11.3 Å². The number of methoxy groups -OCH3 is 1. The van der Waals surface area contributed by atoms with Crippen LogP contribution in [0.3, 0.4) is 0 Å². The predicted octanol–water partition coefficient (Wildman–Crippen LogP) is 4.32. The first-order valence-corrected chi connectivity index (χ1v) is 8.74. The molecule has 0 saturated carbocycles. The molecule has 0 bridgehead atoms. The summed E-state index contributed by atoms with van der Waals surface area (Å²) in [5.41, 5.74) is 0.840. The van der Waals surface area contributed by atoms with Crippen LogP contribution in [0.25, 0.3) is 11.5 Å². The highest BCUT2D eigenvalue weighted by Gasteiger charge is 2.25. The standard InChI is InChI=1S/C19H24F2N2O2/c1-13-17(12-23-10-4-3-6-14(23)9-11-24-2)22-19(25-13)15-7-5-8-16(20)18(15)21/h5,7-8,14H,3-4,6,9-12H2,1-2H3/t14-/m1/s1. The number of rotatable bonds is 6. The van der Waals surface area contributed by atoms with E-state index in [1.165, 1.54) is 18.6 Å². The van der Waals surface area contributed by atoms with Crippen molar-refractivity contribution in [3.63, 3.8) is 0 Å². The van der Waals surface area contributed by atoms with Crippen LogP contribution < -0.4 is 0 Å².